The highest BCUT2D eigenvalue weighted by atomic mass is 16.5. The molecule has 0 saturated heterocycles. The average Bonchev–Trinajstić information content (AvgIpc) is 2.46. The lowest BCUT2D eigenvalue weighted by Crippen LogP contribution is -2.22. The molecule has 19 heavy (non-hydrogen) atoms. The molecule has 0 aliphatic rings. The molecule has 0 aromatic carbocycles. The van der Waals surface area contributed by atoms with Crippen LogP contribution in [0.5, 0.6) is 5.88 Å². The Hall–Kier alpha value is -2.43. The van der Waals surface area contributed by atoms with Crippen LogP contribution in [0.1, 0.15) is 10.5 Å². The minimum Gasteiger partial charge on any atom is -0.481 e. The fourth-order valence-electron chi connectivity index (χ4n) is 1.60. The van der Waals surface area contributed by atoms with Crippen LogP contribution in [0.15, 0.2) is 36.5 Å². The third-order valence-corrected chi connectivity index (χ3v) is 2.62. The molecule has 0 aliphatic heterocycles. The first-order chi connectivity index (χ1) is 9.11. The van der Waals surface area contributed by atoms with E-state index in [4.69, 9.17) is 4.74 Å². The molecular formula is C14H15N3O2. The van der Waals surface area contributed by atoms with Crippen molar-refractivity contribution < 1.29 is 9.53 Å². The molecule has 98 valence electrons. The molecule has 1 amide bonds. The summed E-state index contributed by atoms with van der Waals surface area (Å²) in [6.45, 7) is 0. The summed E-state index contributed by atoms with van der Waals surface area (Å²) < 4.78 is 5.01. The number of hydrogen-bond donors (Lipinski definition) is 0. The smallest absolute Gasteiger partial charge is 0.271 e. The van der Waals surface area contributed by atoms with E-state index in [9.17, 15) is 4.79 Å². The third kappa shape index (κ3) is 2.88. The van der Waals surface area contributed by atoms with Crippen LogP contribution in [0.2, 0.25) is 0 Å². The van der Waals surface area contributed by atoms with Crippen LogP contribution >= 0.6 is 0 Å². The predicted octanol–water partition coefficient (Wildman–Crippen LogP) is 1.85. The number of amides is 1. The Bertz CT molecular complexity index is 579. The van der Waals surface area contributed by atoms with Gasteiger partial charge in [-0.1, -0.05) is 6.07 Å². The van der Waals surface area contributed by atoms with Crippen molar-refractivity contribution >= 4 is 5.91 Å². The molecule has 5 nitrogen and oxygen atoms in total. The molecule has 0 radical (unpaired) electrons. The number of hydrogen-bond acceptors (Lipinski definition) is 4. The number of ether oxygens (including phenoxy) is 1. The Morgan fingerprint density at radius 1 is 1.21 bits per heavy atom. The Morgan fingerprint density at radius 3 is 2.58 bits per heavy atom. The van der Waals surface area contributed by atoms with E-state index in [2.05, 4.69) is 9.97 Å². The molecule has 0 bridgehead atoms. The van der Waals surface area contributed by atoms with E-state index >= 15 is 0 Å². The summed E-state index contributed by atoms with van der Waals surface area (Å²) in [7, 11) is 4.97. The molecule has 0 fully saturated rings. The fourth-order valence-corrected chi connectivity index (χ4v) is 1.60. The fraction of sp³-hybridized carbons (Fsp3) is 0.214. The summed E-state index contributed by atoms with van der Waals surface area (Å²) in [5.41, 5.74) is 1.97. The zero-order valence-electron chi connectivity index (χ0n) is 11.1. The highest BCUT2D eigenvalue weighted by Gasteiger charge is 2.10. The van der Waals surface area contributed by atoms with E-state index in [1.165, 1.54) is 4.90 Å². The molecule has 0 aliphatic carbocycles. The van der Waals surface area contributed by atoms with Crippen molar-refractivity contribution in [2.45, 2.75) is 0 Å². The lowest BCUT2D eigenvalue weighted by atomic mass is 10.2. The maximum atomic E-state index is 11.9. The van der Waals surface area contributed by atoms with Gasteiger partial charge in [-0.2, -0.15) is 0 Å². The van der Waals surface area contributed by atoms with Crippen molar-refractivity contribution in [2.24, 2.45) is 0 Å². The normalized spacial score (nSPS) is 10.1. The van der Waals surface area contributed by atoms with E-state index in [1.54, 1.807) is 39.5 Å². The first-order valence-corrected chi connectivity index (χ1v) is 5.81. The maximum Gasteiger partial charge on any atom is 0.271 e. The van der Waals surface area contributed by atoms with E-state index in [1.807, 2.05) is 18.2 Å². The van der Waals surface area contributed by atoms with E-state index in [0.29, 0.717) is 17.3 Å². The minimum absolute atomic E-state index is 0.122. The summed E-state index contributed by atoms with van der Waals surface area (Å²) in [6.07, 6.45) is 1.67. The van der Waals surface area contributed by atoms with Gasteiger partial charge >= 0.3 is 0 Å². The zero-order valence-corrected chi connectivity index (χ0v) is 11.1. The molecule has 0 atom stereocenters. The second kappa shape index (κ2) is 5.48. The van der Waals surface area contributed by atoms with Gasteiger partial charge in [0, 0.05) is 31.9 Å². The molecule has 5 heteroatoms. The summed E-state index contributed by atoms with van der Waals surface area (Å²) in [5.74, 6) is 0.424. The number of methoxy groups -OCH3 is 1. The first-order valence-electron chi connectivity index (χ1n) is 5.81. The first kappa shape index (κ1) is 13.0. The maximum absolute atomic E-state index is 11.9. The van der Waals surface area contributed by atoms with Gasteiger partial charge in [0.1, 0.15) is 5.69 Å². The van der Waals surface area contributed by atoms with Gasteiger partial charge in [0.05, 0.1) is 12.8 Å². The molecule has 0 spiro atoms. The van der Waals surface area contributed by atoms with E-state index in [-0.39, 0.29) is 5.91 Å². The SMILES string of the molecule is COc1ccc(-c2cccc(C(=O)N(C)C)n2)cn1. The van der Waals surface area contributed by atoms with Gasteiger partial charge < -0.3 is 9.64 Å². The van der Waals surface area contributed by atoms with Crippen LogP contribution in [-0.2, 0) is 0 Å². The zero-order chi connectivity index (χ0) is 13.8. The van der Waals surface area contributed by atoms with Crippen LogP contribution < -0.4 is 4.74 Å². The number of aromatic nitrogens is 2. The van der Waals surface area contributed by atoms with E-state index in [0.717, 1.165) is 5.56 Å². The average molecular weight is 257 g/mol. The Morgan fingerprint density at radius 2 is 2.00 bits per heavy atom. The molecule has 2 rings (SSSR count). The topological polar surface area (TPSA) is 55.3 Å². The number of carbonyl (C=O) groups is 1. The highest BCUT2D eigenvalue weighted by Crippen LogP contribution is 2.18. The summed E-state index contributed by atoms with van der Waals surface area (Å²) >= 11 is 0. The van der Waals surface area contributed by atoms with Crippen molar-refractivity contribution in [1.82, 2.24) is 14.9 Å². The lowest BCUT2D eigenvalue weighted by molar-refractivity contribution is 0.0822. The van der Waals surface area contributed by atoms with Gasteiger partial charge in [0.25, 0.3) is 5.91 Å². The Labute approximate surface area is 111 Å². The highest BCUT2D eigenvalue weighted by molar-refractivity contribution is 5.92. The van der Waals surface area contributed by atoms with Crippen LogP contribution in [0.25, 0.3) is 11.3 Å². The van der Waals surface area contributed by atoms with Gasteiger partial charge in [-0.05, 0) is 18.2 Å². The molecular weight excluding hydrogens is 242 g/mol. The quantitative estimate of drug-likeness (QED) is 0.842. The summed E-state index contributed by atoms with van der Waals surface area (Å²) in [4.78, 5) is 21.8. The molecule has 0 N–H and O–H groups in total. The number of rotatable bonds is 3. The Kier molecular flexibility index (Phi) is 3.75. The largest absolute Gasteiger partial charge is 0.481 e. The molecule has 2 aromatic rings. The molecule has 2 heterocycles. The number of nitrogens with zero attached hydrogens (tertiary/aromatic N) is 3. The Balaban J connectivity index is 2.34. The van der Waals surface area contributed by atoms with Crippen LogP contribution in [0, 0.1) is 0 Å². The second-order valence-corrected chi connectivity index (χ2v) is 4.20. The van der Waals surface area contributed by atoms with Crippen molar-refractivity contribution in [2.75, 3.05) is 21.2 Å². The summed E-state index contributed by atoms with van der Waals surface area (Å²) in [6, 6.07) is 8.97. The van der Waals surface area contributed by atoms with Gasteiger partial charge in [0.2, 0.25) is 5.88 Å². The van der Waals surface area contributed by atoms with Gasteiger partial charge in [-0.3, -0.25) is 4.79 Å². The van der Waals surface area contributed by atoms with Crippen molar-refractivity contribution in [3.63, 3.8) is 0 Å². The lowest BCUT2D eigenvalue weighted by Gasteiger charge is -2.10. The van der Waals surface area contributed by atoms with Crippen molar-refractivity contribution in [3.8, 4) is 17.1 Å². The second-order valence-electron chi connectivity index (χ2n) is 4.20. The number of carbonyl (C=O) groups excluding carboxylic acids is 1. The third-order valence-electron chi connectivity index (χ3n) is 2.62. The predicted molar refractivity (Wildman–Crippen MR) is 72.0 cm³/mol. The van der Waals surface area contributed by atoms with Gasteiger partial charge in [-0.15, -0.1) is 0 Å². The monoisotopic (exact) mass is 257 g/mol. The summed E-state index contributed by atoms with van der Waals surface area (Å²) in [5, 5.41) is 0. The van der Waals surface area contributed by atoms with Crippen LogP contribution in [0.3, 0.4) is 0 Å². The van der Waals surface area contributed by atoms with E-state index < -0.39 is 0 Å². The molecule has 0 unspecified atom stereocenters. The van der Waals surface area contributed by atoms with Gasteiger partial charge in [-0.25, -0.2) is 9.97 Å². The molecule has 0 saturated carbocycles. The van der Waals surface area contributed by atoms with Crippen molar-refractivity contribution in [1.29, 1.82) is 0 Å². The standard InChI is InChI=1S/C14H15N3O2/c1-17(2)14(18)12-6-4-5-11(16-12)10-7-8-13(19-3)15-9-10/h4-9H,1-3H3. The molecule has 2 aromatic heterocycles. The van der Waals surface area contributed by atoms with Crippen molar-refractivity contribution in [3.05, 3.63) is 42.2 Å². The van der Waals surface area contributed by atoms with Gasteiger partial charge in [0.15, 0.2) is 0 Å². The van der Waals surface area contributed by atoms with Crippen LogP contribution in [0.4, 0.5) is 0 Å². The minimum atomic E-state index is -0.122. The number of pyridine rings is 2. The van der Waals surface area contributed by atoms with Crippen LogP contribution in [-0.4, -0.2) is 42.0 Å².